The number of aromatic nitrogens is 2. The molecule has 4 nitrogen and oxygen atoms in total. The van der Waals surface area contributed by atoms with Gasteiger partial charge in [0.1, 0.15) is 17.5 Å². The van der Waals surface area contributed by atoms with Crippen LogP contribution in [0.25, 0.3) is 0 Å². The summed E-state index contributed by atoms with van der Waals surface area (Å²) < 4.78 is 0. The second kappa shape index (κ2) is 6.42. The summed E-state index contributed by atoms with van der Waals surface area (Å²) in [7, 11) is 0. The van der Waals surface area contributed by atoms with Gasteiger partial charge in [0.05, 0.1) is 0 Å². The van der Waals surface area contributed by atoms with Crippen LogP contribution < -0.4 is 10.2 Å². The minimum atomic E-state index is 0.0282. The van der Waals surface area contributed by atoms with Gasteiger partial charge in [-0.05, 0) is 38.3 Å². The Morgan fingerprint density at radius 3 is 2.54 bits per heavy atom. The zero-order valence-corrected chi connectivity index (χ0v) is 15.4. The topological polar surface area (TPSA) is 41.0 Å². The maximum atomic E-state index is 4.88. The van der Waals surface area contributed by atoms with Gasteiger partial charge in [-0.15, -0.1) is 0 Å². The molecule has 0 radical (unpaired) electrons. The monoisotopic (exact) mass is 324 g/mol. The van der Waals surface area contributed by atoms with Crippen LogP contribution in [0, 0.1) is 0 Å². The summed E-state index contributed by atoms with van der Waals surface area (Å²) in [6.45, 7) is 12.7. The molecule has 0 spiro atoms. The van der Waals surface area contributed by atoms with Crippen molar-refractivity contribution in [3.63, 3.8) is 0 Å². The Hall–Kier alpha value is -2.10. The fourth-order valence-corrected chi connectivity index (χ4v) is 3.34. The van der Waals surface area contributed by atoms with Crippen LogP contribution in [0.1, 0.15) is 57.5 Å². The molecule has 0 fully saturated rings. The lowest BCUT2D eigenvalue weighted by atomic mass is 9.85. The van der Waals surface area contributed by atoms with Gasteiger partial charge in [-0.2, -0.15) is 0 Å². The van der Waals surface area contributed by atoms with Crippen LogP contribution in [-0.4, -0.2) is 22.1 Å². The van der Waals surface area contributed by atoms with Crippen LogP contribution in [0.4, 0.5) is 11.6 Å². The third kappa shape index (κ3) is 3.23. The Kier molecular flexibility index (Phi) is 4.48. The zero-order valence-electron chi connectivity index (χ0n) is 15.4. The largest absolute Gasteiger partial charge is 0.370 e. The molecule has 2 heterocycles. The average molecular weight is 324 g/mol. The molecule has 0 saturated heterocycles. The van der Waals surface area contributed by atoms with E-state index >= 15 is 0 Å². The van der Waals surface area contributed by atoms with Crippen LogP contribution in [-0.2, 0) is 13.0 Å². The van der Waals surface area contributed by atoms with Crippen molar-refractivity contribution in [2.45, 2.75) is 59.0 Å². The van der Waals surface area contributed by atoms with Crippen LogP contribution >= 0.6 is 0 Å². The quantitative estimate of drug-likeness (QED) is 0.906. The van der Waals surface area contributed by atoms with E-state index in [1.807, 2.05) is 0 Å². The first kappa shape index (κ1) is 16.7. The second-order valence-electron chi connectivity index (χ2n) is 7.50. The van der Waals surface area contributed by atoms with E-state index in [-0.39, 0.29) is 5.54 Å². The molecular weight excluding hydrogens is 296 g/mol. The Labute approximate surface area is 145 Å². The summed E-state index contributed by atoms with van der Waals surface area (Å²) in [4.78, 5) is 12.0. The Morgan fingerprint density at radius 2 is 1.88 bits per heavy atom. The molecule has 1 aliphatic heterocycles. The molecule has 4 heteroatoms. The number of nitrogens with zero attached hydrogens (tertiary/aromatic N) is 3. The smallest absolute Gasteiger partial charge is 0.135 e. The summed E-state index contributed by atoms with van der Waals surface area (Å²) in [6, 6.07) is 10.8. The minimum absolute atomic E-state index is 0.0282. The first-order valence-electron chi connectivity index (χ1n) is 8.88. The van der Waals surface area contributed by atoms with Crippen LogP contribution in [0.2, 0.25) is 0 Å². The molecule has 24 heavy (non-hydrogen) atoms. The SMILES string of the molecule is CCNc1cc(N2Cc3ccccc3CC2(C)C)nc(C(C)C)n1. The number of fused-ring (bicyclic) bond motifs is 1. The predicted octanol–water partition coefficient (Wildman–Crippen LogP) is 4.37. The van der Waals surface area contributed by atoms with Crippen molar-refractivity contribution in [1.82, 2.24) is 9.97 Å². The van der Waals surface area contributed by atoms with E-state index in [9.17, 15) is 0 Å². The fourth-order valence-electron chi connectivity index (χ4n) is 3.34. The molecule has 0 amide bonds. The number of rotatable bonds is 4. The maximum Gasteiger partial charge on any atom is 0.135 e. The van der Waals surface area contributed by atoms with E-state index in [4.69, 9.17) is 4.98 Å². The molecule has 0 unspecified atom stereocenters. The molecule has 0 atom stereocenters. The van der Waals surface area contributed by atoms with Gasteiger partial charge in [-0.1, -0.05) is 38.1 Å². The predicted molar refractivity (Wildman–Crippen MR) is 101 cm³/mol. The highest BCUT2D eigenvalue weighted by atomic mass is 15.3. The van der Waals surface area contributed by atoms with Crippen molar-refractivity contribution in [1.29, 1.82) is 0 Å². The van der Waals surface area contributed by atoms with Gasteiger partial charge in [0.2, 0.25) is 0 Å². The Morgan fingerprint density at radius 1 is 1.17 bits per heavy atom. The molecular formula is C20H28N4. The fraction of sp³-hybridized carbons (Fsp3) is 0.500. The van der Waals surface area contributed by atoms with E-state index in [0.29, 0.717) is 5.92 Å². The minimum Gasteiger partial charge on any atom is -0.370 e. The normalized spacial score (nSPS) is 16.2. The maximum absolute atomic E-state index is 4.88. The standard InChI is InChI=1S/C20H28N4/c1-6-21-17-11-18(23-19(22-17)14(2)3)24-13-16-10-8-7-9-15(16)12-20(24,4)5/h7-11,14H,6,12-13H2,1-5H3,(H,21,22,23). The van der Waals surface area contributed by atoms with Gasteiger partial charge in [0, 0.05) is 30.6 Å². The summed E-state index contributed by atoms with van der Waals surface area (Å²) in [5.41, 5.74) is 2.87. The molecule has 1 aromatic carbocycles. The highest BCUT2D eigenvalue weighted by Gasteiger charge is 2.34. The summed E-state index contributed by atoms with van der Waals surface area (Å²) in [5, 5.41) is 3.35. The molecule has 128 valence electrons. The third-order valence-corrected chi connectivity index (χ3v) is 4.68. The second-order valence-corrected chi connectivity index (χ2v) is 7.50. The van der Waals surface area contributed by atoms with Crippen LogP contribution in [0.15, 0.2) is 30.3 Å². The molecule has 0 aliphatic carbocycles. The van der Waals surface area contributed by atoms with E-state index in [2.05, 4.69) is 80.2 Å². The van der Waals surface area contributed by atoms with Crippen molar-refractivity contribution in [2.24, 2.45) is 0 Å². The van der Waals surface area contributed by atoms with Crippen LogP contribution in [0.3, 0.4) is 0 Å². The van der Waals surface area contributed by atoms with Crippen molar-refractivity contribution >= 4 is 11.6 Å². The first-order chi connectivity index (χ1) is 11.4. The van der Waals surface area contributed by atoms with Gasteiger partial charge in [0.15, 0.2) is 0 Å². The van der Waals surface area contributed by atoms with Gasteiger partial charge >= 0.3 is 0 Å². The Bertz CT molecular complexity index is 721. The van der Waals surface area contributed by atoms with Crippen molar-refractivity contribution < 1.29 is 0 Å². The van der Waals surface area contributed by atoms with Gasteiger partial charge in [0.25, 0.3) is 0 Å². The third-order valence-electron chi connectivity index (χ3n) is 4.68. The zero-order chi connectivity index (χ0) is 17.3. The Balaban J connectivity index is 2.04. The van der Waals surface area contributed by atoms with Gasteiger partial charge < -0.3 is 10.2 Å². The molecule has 2 aromatic rings. The molecule has 1 aliphatic rings. The van der Waals surface area contributed by atoms with E-state index < -0.39 is 0 Å². The lowest BCUT2D eigenvalue weighted by Gasteiger charge is -2.44. The van der Waals surface area contributed by atoms with Crippen LogP contribution in [0.5, 0.6) is 0 Å². The molecule has 0 saturated carbocycles. The van der Waals surface area contributed by atoms with Crippen molar-refractivity contribution in [3.05, 3.63) is 47.3 Å². The van der Waals surface area contributed by atoms with Gasteiger partial charge in [-0.3, -0.25) is 0 Å². The number of nitrogens with one attached hydrogen (secondary N) is 1. The van der Waals surface area contributed by atoms with Gasteiger partial charge in [-0.25, -0.2) is 9.97 Å². The number of benzene rings is 1. The average Bonchev–Trinajstić information content (AvgIpc) is 2.53. The highest BCUT2D eigenvalue weighted by Crippen LogP contribution is 2.35. The highest BCUT2D eigenvalue weighted by molar-refractivity contribution is 5.54. The number of hydrogen-bond acceptors (Lipinski definition) is 4. The molecule has 0 bridgehead atoms. The first-order valence-corrected chi connectivity index (χ1v) is 8.88. The summed E-state index contributed by atoms with van der Waals surface area (Å²) >= 11 is 0. The van der Waals surface area contributed by atoms with Crippen molar-refractivity contribution in [2.75, 3.05) is 16.8 Å². The lowest BCUT2D eigenvalue weighted by molar-refractivity contribution is 0.426. The molecule has 1 N–H and O–H groups in total. The number of anilines is 2. The summed E-state index contributed by atoms with van der Waals surface area (Å²) in [5.74, 6) is 3.14. The molecule has 1 aromatic heterocycles. The molecule has 3 rings (SSSR count). The van der Waals surface area contributed by atoms with E-state index in [1.165, 1.54) is 11.1 Å². The summed E-state index contributed by atoms with van der Waals surface area (Å²) in [6.07, 6.45) is 1.03. The van der Waals surface area contributed by atoms with E-state index in [0.717, 1.165) is 37.0 Å². The van der Waals surface area contributed by atoms with E-state index in [1.54, 1.807) is 0 Å². The lowest BCUT2D eigenvalue weighted by Crippen LogP contribution is -2.49. The number of hydrogen-bond donors (Lipinski definition) is 1. The van der Waals surface area contributed by atoms with Crippen molar-refractivity contribution in [3.8, 4) is 0 Å².